The van der Waals surface area contributed by atoms with Crippen LogP contribution in [0, 0.1) is 0 Å². The van der Waals surface area contributed by atoms with Crippen molar-refractivity contribution in [3.8, 4) is 0 Å². The molecule has 0 fully saturated rings. The van der Waals surface area contributed by atoms with Crippen LogP contribution in [0.1, 0.15) is 27.2 Å². The van der Waals surface area contributed by atoms with E-state index in [1.54, 1.807) is 20.8 Å². The molecule has 0 heterocycles. The third-order valence-electron chi connectivity index (χ3n) is 1.51. The Morgan fingerprint density at radius 1 is 1.33 bits per heavy atom. The summed E-state index contributed by atoms with van der Waals surface area (Å²) in [5, 5.41) is 22.1. The van der Waals surface area contributed by atoms with Gasteiger partial charge in [0.25, 0.3) is 0 Å². The summed E-state index contributed by atoms with van der Waals surface area (Å²) in [6.07, 6.45) is -0.00705. The first-order chi connectivity index (χ1) is 6.76. The van der Waals surface area contributed by atoms with Crippen molar-refractivity contribution < 1.29 is 19.8 Å². The maximum absolute atomic E-state index is 11.3. The molecule has 6 heteroatoms. The van der Waals surface area contributed by atoms with Gasteiger partial charge in [-0.2, -0.15) is 0 Å². The monoisotopic (exact) mass is 218 g/mol. The lowest BCUT2D eigenvalue weighted by Gasteiger charge is -2.22. The van der Waals surface area contributed by atoms with Gasteiger partial charge in [-0.05, 0) is 20.8 Å². The predicted octanol–water partition coefficient (Wildman–Crippen LogP) is -0.0803. The standard InChI is InChI=1S/C9H18N2O4/c1-9(2,3)11-8(15)10-6(4-5-12)7(13)14/h6,12H,4-5H2,1-3H3,(H,13,14)(H2,10,11,15)/t6-/m0/s1. The van der Waals surface area contributed by atoms with Gasteiger partial charge in [0.1, 0.15) is 6.04 Å². The minimum atomic E-state index is -1.16. The lowest BCUT2D eigenvalue weighted by molar-refractivity contribution is -0.139. The van der Waals surface area contributed by atoms with E-state index < -0.39 is 23.6 Å². The van der Waals surface area contributed by atoms with Crippen molar-refractivity contribution in [3.63, 3.8) is 0 Å². The van der Waals surface area contributed by atoms with Crippen molar-refractivity contribution in [2.24, 2.45) is 0 Å². The molecule has 4 N–H and O–H groups in total. The lowest BCUT2D eigenvalue weighted by Crippen LogP contribution is -2.51. The third kappa shape index (κ3) is 6.73. The SMILES string of the molecule is CC(C)(C)NC(=O)N[C@@H](CCO)C(=O)O. The number of nitrogens with one attached hydrogen (secondary N) is 2. The van der Waals surface area contributed by atoms with E-state index in [9.17, 15) is 9.59 Å². The highest BCUT2D eigenvalue weighted by molar-refractivity contribution is 5.82. The number of amides is 2. The van der Waals surface area contributed by atoms with Crippen LogP contribution in [0.4, 0.5) is 4.79 Å². The van der Waals surface area contributed by atoms with E-state index in [2.05, 4.69) is 10.6 Å². The Morgan fingerprint density at radius 3 is 2.20 bits per heavy atom. The molecule has 0 aliphatic carbocycles. The number of rotatable bonds is 4. The van der Waals surface area contributed by atoms with Gasteiger partial charge in [0, 0.05) is 18.6 Å². The van der Waals surface area contributed by atoms with E-state index in [1.165, 1.54) is 0 Å². The Kier molecular flexibility index (Phi) is 5.07. The number of carboxylic acid groups (broad SMARTS) is 1. The van der Waals surface area contributed by atoms with E-state index >= 15 is 0 Å². The second-order valence-electron chi connectivity index (χ2n) is 4.25. The molecule has 15 heavy (non-hydrogen) atoms. The fourth-order valence-electron chi connectivity index (χ4n) is 0.921. The number of aliphatic carboxylic acids is 1. The summed E-state index contributed by atoms with van der Waals surface area (Å²) in [6.45, 7) is 5.07. The number of carboxylic acids is 1. The summed E-state index contributed by atoms with van der Waals surface area (Å²) in [5.74, 6) is -1.16. The number of aliphatic hydroxyl groups is 1. The zero-order valence-electron chi connectivity index (χ0n) is 9.20. The van der Waals surface area contributed by atoms with Crippen LogP contribution >= 0.6 is 0 Å². The summed E-state index contributed by atoms with van der Waals surface area (Å²) in [7, 11) is 0. The fourth-order valence-corrected chi connectivity index (χ4v) is 0.921. The van der Waals surface area contributed by atoms with Gasteiger partial charge in [0.15, 0.2) is 0 Å². The first-order valence-corrected chi connectivity index (χ1v) is 4.68. The molecule has 0 aromatic heterocycles. The molecule has 0 aliphatic rings. The predicted molar refractivity (Wildman–Crippen MR) is 54.5 cm³/mol. The summed E-state index contributed by atoms with van der Waals surface area (Å²) in [4.78, 5) is 21.9. The number of urea groups is 1. The maximum Gasteiger partial charge on any atom is 0.326 e. The molecular formula is C9H18N2O4. The van der Waals surface area contributed by atoms with Gasteiger partial charge in [-0.3, -0.25) is 0 Å². The number of carbonyl (C=O) groups excluding carboxylic acids is 1. The minimum Gasteiger partial charge on any atom is -0.480 e. The maximum atomic E-state index is 11.3. The van der Waals surface area contributed by atoms with E-state index in [4.69, 9.17) is 10.2 Å². The van der Waals surface area contributed by atoms with Crippen molar-refractivity contribution >= 4 is 12.0 Å². The molecule has 0 bridgehead atoms. The first-order valence-electron chi connectivity index (χ1n) is 4.68. The highest BCUT2D eigenvalue weighted by atomic mass is 16.4. The Morgan fingerprint density at radius 2 is 1.87 bits per heavy atom. The zero-order chi connectivity index (χ0) is 12.1. The Bertz CT molecular complexity index is 235. The zero-order valence-corrected chi connectivity index (χ0v) is 9.20. The van der Waals surface area contributed by atoms with Crippen LogP contribution in [0.3, 0.4) is 0 Å². The van der Waals surface area contributed by atoms with Crippen molar-refractivity contribution in [1.82, 2.24) is 10.6 Å². The molecule has 0 saturated heterocycles. The number of aliphatic hydroxyl groups excluding tert-OH is 1. The van der Waals surface area contributed by atoms with Gasteiger partial charge < -0.3 is 20.8 Å². The van der Waals surface area contributed by atoms with Crippen LogP contribution in [-0.4, -0.2) is 40.4 Å². The quantitative estimate of drug-likeness (QED) is 0.530. The third-order valence-corrected chi connectivity index (χ3v) is 1.51. The normalized spacial score (nSPS) is 13.1. The van der Waals surface area contributed by atoms with Gasteiger partial charge in [0.05, 0.1) is 0 Å². The highest BCUT2D eigenvalue weighted by Crippen LogP contribution is 1.98. The lowest BCUT2D eigenvalue weighted by atomic mass is 10.1. The van der Waals surface area contributed by atoms with Crippen LogP contribution in [0.5, 0.6) is 0 Å². The largest absolute Gasteiger partial charge is 0.480 e. The summed E-state index contributed by atoms with van der Waals surface area (Å²) < 4.78 is 0. The topological polar surface area (TPSA) is 98.7 Å². The van der Waals surface area contributed by atoms with Crippen LogP contribution < -0.4 is 10.6 Å². The van der Waals surface area contributed by atoms with Crippen LogP contribution in [0.2, 0.25) is 0 Å². The summed E-state index contributed by atoms with van der Waals surface area (Å²) >= 11 is 0. The second-order valence-corrected chi connectivity index (χ2v) is 4.25. The smallest absolute Gasteiger partial charge is 0.326 e. The molecule has 0 aliphatic heterocycles. The summed E-state index contributed by atoms with van der Waals surface area (Å²) in [5.41, 5.74) is -0.424. The summed E-state index contributed by atoms with van der Waals surface area (Å²) in [6, 6.07) is -1.61. The van der Waals surface area contributed by atoms with Gasteiger partial charge in [-0.15, -0.1) is 0 Å². The van der Waals surface area contributed by atoms with Crippen LogP contribution in [0.25, 0.3) is 0 Å². The Balaban J connectivity index is 4.18. The molecule has 6 nitrogen and oxygen atoms in total. The molecule has 0 saturated carbocycles. The molecule has 0 spiro atoms. The van der Waals surface area contributed by atoms with Gasteiger partial charge in [-0.1, -0.05) is 0 Å². The highest BCUT2D eigenvalue weighted by Gasteiger charge is 2.21. The van der Waals surface area contributed by atoms with Gasteiger partial charge in [-0.25, -0.2) is 9.59 Å². The number of hydrogen-bond donors (Lipinski definition) is 4. The molecule has 0 rings (SSSR count). The molecule has 0 aromatic carbocycles. The van der Waals surface area contributed by atoms with Crippen molar-refractivity contribution in [3.05, 3.63) is 0 Å². The number of carbonyl (C=O) groups is 2. The van der Waals surface area contributed by atoms with E-state index in [0.717, 1.165) is 0 Å². The molecular weight excluding hydrogens is 200 g/mol. The fraction of sp³-hybridized carbons (Fsp3) is 0.778. The molecule has 0 unspecified atom stereocenters. The molecule has 1 atom stereocenters. The Hall–Kier alpha value is -1.30. The second kappa shape index (κ2) is 5.55. The average Bonchev–Trinajstić information content (AvgIpc) is 1.99. The average molecular weight is 218 g/mol. The van der Waals surface area contributed by atoms with Crippen LogP contribution in [-0.2, 0) is 4.79 Å². The molecule has 88 valence electrons. The van der Waals surface area contributed by atoms with Gasteiger partial charge in [0.2, 0.25) is 0 Å². The first kappa shape index (κ1) is 13.7. The molecule has 0 radical (unpaired) electrons. The van der Waals surface area contributed by atoms with Crippen molar-refractivity contribution in [1.29, 1.82) is 0 Å². The van der Waals surface area contributed by atoms with E-state index in [-0.39, 0.29) is 13.0 Å². The van der Waals surface area contributed by atoms with E-state index in [0.29, 0.717) is 0 Å². The molecule has 0 aromatic rings. The van der Waals surface area contributed by atoms with Crippen LogP contribution in [0.15, 0.2) is 0 Å². The molecule has 2 amide bonds. The van der Waals surface area contributed by atoms with Crippen molar-refractivity contribution in [2.45, 2.75) is 38.8 Å². The van der Waals surface area contributed by atoms with E-state index in [1.807, 2.05) is 0 Å². The number of hydrogen-bond acceptors (Lipinski definition) is 3. The van der Waals surface area contributed by atoms with Crippen molar-refractivity contribution in [2.75, 3.05) is 6.61 Å². The van der Waals surface area contributed by atoms with Gasteiger partial charge >= 0.3 is 12.0 Å². The minimum absolute atomic E-state index is 0.00705. The Labute approximate surface area is 88.7 Å².